The van der Waals surface area contributed by atoms with E-state index in [4.69, 9.17) is 9.26 Å². The zero-order valence-electron chi connectivity index (χ0n) is 17.2. The summed E-state index contributed by atoms with van der Waals surface area (Å²) in [5.41, 5.74) is 3.62. The van der Waals surface area contributed by atoms with Crippen LogP contribution in [-0.2, 0) is 10.2 Å². The molecule has 0 aliphatic carbocycles. The Hall–Kier alpha value is -2.73. The first-order chi connectivity index (χ1) is 14.0. The Bertz CT molecular complexity index is 1000. The van der Waals surface area contributed by atoms with Gasteiger partial charge in [-0.15, -0.1) is 0 Å². The topological polar surface area (TPSA) is 77.2 Å². The molecule has 29 heavy (non-hydrogen) atoms. The van der Waals surface area contributed by atoms with E-state index < -0.39 is 0 Å². The third-order valence-corrected chi connectivity index (χ3v) is 5.90. The smallest absolute Gasteiger partial charge is 0.259 e. The molecule has 1 saturated heterocycles. The molecular formula is C23H27N3O3. The lowest BCUT2D eigenvalue weighted by Gasteiger charge is -2.38. The van der Waals surface area contributed by atoms with Crippen LogP contribution in [0.1, 0.15) is 59.9 Å². The van der Waals surface area contributed by atoms with Gasteiger partial charge in [0.2, 0.25) is 0 Å². The summed E-state index contributed by atoms with van der Waals surface area (Å²) in [4.78, 5) is 17.8. The van der Waals surface area contributed by atoms with Gasteiger partial charge >= 0.3 is 0 Å². The fourth-order valence-electron chi connectivity index (χ4n) is 4.05. The Morgan fingerprint density at radius 1 is 1.21 bits per heavy atom. The van der Waals surface area contributed by atoms with Gasteiger partial charge < -0.3 is 14.6 Å². The minimum Gasteiger partial charge on any atom is -0.381 e. The molecule has 1 fully saturated rings. The third kappa shape index (κ3) is 3.77. The lowest BCUT2D eigenvalue weighted by atomic mass is 9.74. The van der Waals surface area contributed by atoms with Crippen LogP contribution >= 0.6 is 0 Å². The van der Waals surface area contributed by atoms with Crippen molar-refractivity contribution in [3.63, 3.8) is 0 Å². The van der Waals surface area contributed by atoms with Crippen LogP contribution in [0.15, 0.2) is 40.9 Å². The van der Waals surface area contributed by atoms with E-state index in [1.54, 1.807) is 0 Å². The Morgan fingerprint density at radius 2 is 1.93 bits per heavy atom. The van der Waals surface area contributed by atoms with Gasteiger partial charge in [0.1, 0.15) is 0 Å². The van der Waals surface area contributed by atoms with E-state index in [0.717, 1.165) is 18.5 Å². The van der Waals surface area contributed by atoms with Crippen molar-refractivity contribution in [2.24, 2.45) is 0 Å². The number of nitrogens with zero attached hydrogens (tertiary/aromatic N) is 2. The molecule has 1 aliphatic heterocycles. The minimum absolute atomic E-state index is 0.118. The molecule has 4 rings (SSSR count). The predicted octanol–water partition coefficient (Wildman–Crippen LogP) is 4.13. The van der Waals surface area contributed by atoms with Crippen LogP contribution in [0.5, 0.6) is 0 Å². The highest BCUT2D eigenvalue weighted by Crippen LogP contribution is 2.34. The third-order valence-electron chi connectivity index (χ3n) is 5.90. The van der Waals surface area contributed by atoms with Gasteiger partial charge in [-0.05, 0) is 37.3 Å². The van der Waals surface area contributed by atoms with Gasteiger partial charge in [-0.2, -0.15) is 0 Å². The molecule has 1 amide bonds. The molecule has 0 atom stereocenters. The lowest BCUT2D eigenvalue weighted by Crippen LogP contribution is -2.44. The van der Waals surface area contributed by atoms with Gasteiger partial charge in [0.05, 0.1) is 16.6 Å². The molecule has 0 saturated carbocycles. The van der Waals surface area contributed by atoms with E-state index >= 15 is 0 Å². The molecular weight excluding hydrogens is 366 g/mol. The molecule has 2 aromatic heterocycles. The number of pyridine rings is 1. The molecule has 1 N–H and O–H groups in total. The normalized spacial score (nSPS) is 16.3. The molecule has 1 aromatic carbocycles. The highest BCUT2D eigenvalue weighted by atomic mass is 16.5. The summed E-state index contributed by atoms with van der Waals surface area (Å²) in [6, 6.07) is 12.3. The number of hydrogen-bond acceptors (Lipinski definition) is 5. The van der Waals surface area contributed by atoms with E-state index in [-0.39, 0.29) is 17.2 Å². The van der Waals surface area contributed by atoms with E-state index in [2.05, 4.69) is 39.7 Å². The van der Waals surface area contributed by atoms with Gasteiger partial charge in [-0.1, -0.05) is 49.3 Å². The molecule has 3 aromatic rings. The van der Waals surface area contributed by atoms with Crippen LogP contribution in [0.3, 0.4) is 0 Å². The first-order valence-electron chi connectivity index (χ1n) is 10.2. The number of amides is 1. The second-order valence-electron chi connectivity index (χ2n) is 8.14. The van der Waals surface area contributed by atoms with Gasteiger partial charge in [0.15, 0.2) is 0 Å². The number of aromatic nitrogens is 2. The van der Waals surface area contributed by atoms with Crippen molar-refractivity contribution in [2.45, 2.75) is 44.9 Å². The molecule has 1 aliphatic rings. The van der Waals surface area contributed by atoms with Gasteiger partial charge in [0.25, 0.3) is 11.6 Å². The number of carbonyl (C=O) groups excluding carboxylic acids is 1. The maximum Gasteiger partial charge on any atom is 0.259 e. The predicted molar refractivity (Wildman–Crippen MR) is 111 cm³/mol. The van der Waals surface area contributed by atoms with E-state index in [0.29, 0.717) is 42.1 Å². The van der Waals surface area contributed by atoms with Crippen molar-refractivity contribution >= 4 is 17.0 Å². The van der Waals surface area contributed by atoms with Crippen LogP contribution in [-0.4, -0.2) is 35.8 Å². The quantitative estimate of drug-likeness (QED) is 0.705. The van der Waals surface area contributed by atoms with E-state index in [9.17, 15) is 4.79 Å². The average molecular weight is 393 g/mol. The maximum absolute atomic E-state index is 13.3. The molecule has 3 heterocycles. The Labute approximate surface area is 170 Å². The molecule has 6 nitrogen and oxygen atoms in total. The Kier molecular flexibility index (Phi) is 5.37. The van der Waals surface area contributed by atoms with Gasteiger partial charge in [-0.3, -0.25) is 4.79 Å². The second-order valence-corrected chi connectivity index (χ2v) is 8.14. The van der Waals surface area contributed by atoms with Crippen molar-refractivity contribution in [1.29, 1.82) is 0 Å². The summed E-state index contributed by atoms with van der Waals surface area (Å²) in [5.74, 6) is 0.0647. The number of ether oxygens (including phenoxy) is 1. The van der Waals surface area contributed by atoms with Crippen molar-refractivity contribution in [2.75, 3.05) is 19.8 Å². The highest BCUT2D eigenvalue weighted by Gasteiger charge is 2.35. The fourth-order valence-corrected chi connectivity index (χ4v) is 4.05. The van der Waals surface area contributed by atoms with Crippen LogP contribution < -0.4 is 5.32 Å². The lowest BCUT2D eigenvalue weighted by molar-refractivity contribution is 0.0487. The van der Waals surface area contributed by atoms with E-state index in [1.807, 2.05) is 32.9 Å². The van der Waals surface area contributed by atoms with Crippen LogP contribution in [0.2, 0.25) is 0 Å². The molecule has 0 radical (unpaired) electrons. The molecule has 6 heteroatoms. The van der Waals surface area contributed by atoms with Crippen molar-refractivity contribution in [3.8, 4) is 0 Å². The summed E-state index contributed by atoms with van der Waals surface area (Å²) >= 11 is 0. The van der Waals surface area contributed by atoms with E-state index in [1.165, 1.54) is 5.56 Å². The van der Waals surface area contributed by atoms with Crippen molar-refractivity contribution < 1.29 is 14.1 Å². The number of fused-ring (bicyclic) bond motifs is 1. The first-order valence-corrected chi connectivity index (χ1v) is 10.2. The zero-order chi connectivity index (χ0) is 20.4. The fraction of sp³-hybridized carbons (Fsp3) is 0.435. The summed E-state index contributed by atoms with van der Waals surface area (Å²) in [6.07, 6.45) is 1.76. The summed E-state index contributed by atoms with van der Waals surface area (Å²) in [7, 11) is 0. The van der Waals surface area contributed by atoms with Gasteiger partial charge in [-0.25, -0.2) is 4.98 Å². The summed E-state index contributed by atoms with van der Waals surface area (Å²) in [6.45, 7) is 7.89. The maximum atomic E-state index is 13.3. The average Bonchev–Trinajstić information content (AvgIpc) is 3.13. The number of nitrogens with one attached hydrogen (secondary N) is 1. The SMILES string of the molecule is Cc1noc2nc(C(C)C)cc(C(=O)NCC3(c4ccccc4)CCOCC3)c12. The summed E-state index contributed by atoms with van der Waals surface area (Å²) < 4.78 is 11.0. The molecule has 0 unspecified atom stereocenters. The van der Waals surface area contributed by atoms with Crippen LogP contribution in [0, 0.1) is 6.92 Å². The number of hydrogen-bond donors (Lipinski definition) is 1. The largest absolute Gasteiger partial charge is 0.381 e. The van der Waals surface area contributed by atoms with Crippen molar-refractivity contribution in [1.82, 2.24) is 15.5 Å². The first kappa shape index (κ1) is 19.6. The summed E-state index contributed by atoms with van der Waals surface area (Å²) in [5, 5.41) is 7.90. The van der Waals surface area contributed by atoms with Crippen LogP contribution in [0.25, 0.3) is 11.1 Å². The highest BCUT2D eigenvalue weighted by molar-refractivity contribution is 6.06. The Morgan fingerprint density at radius 3 is 2.62 bits per heavy atom. The van der Waals surface area contributed by atoms with Crippen molar-refractivity contribution in [3.05, 3.63) is 58.9 Å². The minimum atomic E-state index is -0.119. The number of benzene rings is 1. The monoisotopic (exact) mass is 393 g/mol. The van der Waals surface area contributed by atoms with Crippen LogP contribution in [0.4, 0.5) is 0 Å². The second kappa shape index (κ2) is 7.95. The number of aryl methyl sites for hydroxylation is 1. The van der Waals surface area contributed by atoms with Gasteiger partial charge in [0, 0.05) is 30.9 Å². The standard InChI is InChI=1S/C23H27N3O3/c1-15(2)19-13-18(20-16(3)26-29-22(20)25-19)21(27)24-14-23(9-11-28-12-10-23)17-7-5-4-6-8-17/h4-8,13,15H,9-12,14H2,1-3H3,(H,24,27). The number of rotatable bonds is 5. The molecule has 0 bridgehead atoms. The zero-order valence-corrected chi connectivity index (χ0v) is 17.2. The molecule has 152 valence electrons. The Balaban J connectivity index is 1.64. The number of carbonyl (C=O) groups is 1. The molecule has 0 spiro atoms.